The molecule has 1 aromatic carbocycles. The van der Waals surface area contributed by atoms with E-state index in [1.54, 1.807) is 12.7 Å². The van der Waals surface area contributed by atoms with Gasteiger partial charge in [0.05, 0.1) is 11.1 Å². The minimum atomic E-state index is -0.661. The number of fused-ring (bicyclic) bond motifs is 4. The summed E-state index contributed by atoms with van der Waals surface area (Å²) in [4.78, 5) is 16.3. The molecule has 1 aromatic rings. The zero-order valence-corrected chi connectivity index (χ0v) is 23.8. The predicted octanol–water partition coefficient (Wildman–Crippen LogP) is 6.67. The molecule has 2 saturated carbocycles. The topological polar surface area (TPSA) is 62.1 Å². The molecule has 5 aliphatic rings. The van der Waals surface area contributed by atoms with Crippen molar-refractivity contribution in [3.63, 3.8) is 0 Å². The number of carbonyl (C=O) groups excluding carboxylic acids is 1. The first-order valence-corrected chi connectivity index (χ1v) is 14.9. The van der Waals surface area contributed by atoms with Crippen LogP contribution >= 0.6 is 0 Å². The van der Waals surface area contributed by atoms with Crippen LogP contribution in [0.1, 0.15) is 83.1 Å². The van der Waals surface area contributed by atoms with Gasteiger partial charge in [-0.05, 0) is 117 Å². The molecule has 3 fully saturated rings. The van der Waals surface area contributed by atoms with Crippen LogP contribution < -0.4 is 4.90 Å². The summed E-state index contributed by atoms with van der Waals surface area (Å²) in [5.41, 5.74) is 7.05. The van der Waals surface area contributed by atoms with Crippen molar-refractivity contribution in [3.05, 3.63) is 52.6 Å². The van der Waals surface area contributed by atoms with Crippen molar-refractivity contribution in [2.45, 2.75) is 77.6 Å². The molecule has 4 aliphatic carbocycles. The Labute approximate surface area is 233 Å². The fourth-order valence-electron chi connectivity index (χ4n) is 9.17. The normalized spacial score (nSPS) is 34.6. The average Bonchev–Trinajstić information content (AvgIpc) is 3.60. The molecule has 0 radical (unpaired) electrons. The number of allylic oxidation sites excluding steroid dienone is 4. The van der Waals surface area contributed by atoms with E-state index in [1.165, 1.54) is 35.2 Å². The maximum atomic E-state index is 13.8. The van der Waals surface area contributed by atoms with E-state index < -0.39 is 5.41 Å². The number of carbonyl (C=O) groups is 1. The lowest BCUT2D eigenvalue weighted by atomic mass is 9.48. The fourth-order valence-corrected chi connectivity index (χ4v) is 9.17. The smallest absolute Gasteiger partial charge is 0.176 e. The summed E-state index contributed by atoms with van der Waals surface area (Å²) in [6, 6.07) is 9.34. The minimum absolute atomic E-state index is 0.126. The highest BCUT2D eigenvalue weighted by atomic mass is 16.5. The quantitative estimate of drug-likeness (QED) is 0.264. The van der Waals surface area contributed by atoms with Gasteiger partial charge < -0.3 is 14.8 Å². The molecule has 39 heavy (non-hydrogen) atoms. The third-order valence-electron chi connectivity index (χ3n) is 10.9. The number of hydrogen-bond acceptors (Lipinski definition) is 5. The molecule has 5 atom stereocenters. The number of anilines is 1. The Kier molecular flexibility index (Phi) is 6.96. The van der Waals surface area contributed by atoms with Gasteiger partial charge in [-0.3, -0.25) is 4.79 Å². The number of rotatable bonds is 5. The van der Waals surface area contributed by atoms with E-state index in [0.717, 1.165) is 63.7 Å². The molecule has 5 nitrogen and oxygen atoms in total. The molecule has 0 unspecified atom stereocenters. The van der Waals surface area contributed by atoms with E-state index in [4.69, 9.17) is 4.74 Å². The summed E-state index contributed by atoms with van der Waals surface area (Å²) in [7, 11) is 1.62. The number of oxime groups is 1. The van der Waals surface area contributed by atoms with Crippen LogP contribution in [-0.2, 0) is 9.53 Å². The minimum Gasteiger partial charge on any atom is -0.411 e. The number of methoxy groups -OCH3 is 1. The highest BCUT2D eigenvalue weighted by Crippen LogP contribution is 2.69. The standard InChI is InChI=1S/C34H42N2O3/c1-4-16-34(31(37)22-39-3)17-15-30-28-13-9-24-20-25(35-38)10-14-27(24)32(28)29(21-33(30,34)2)23-7-11-26(12-8-23)36-18-5-6-19-36/h7-8,11-12,20,28-30,38H,5-6,9-10,13-15,17-19,21-22H2,1-3H3/t28-,29+,30-,33-,34+/m0/s1. The van der Waals surface area contributed by atoms with Crippen LogP contribution in [0.5, 0.6) is 0 Å². The monoisotopic (exact) mass is 526 g/mol. The van der Waals surface area contributed by atoms with E-state index in [0.29, 0.717) is 11.8 Å². The summed E-state index contributed by atoms with van der Waals surface area (Å²) >= 11 is 0. The largest absolute Gasteiger partial charge is 0.411 e. The second-order valence-electron chi connectivity index (χ2n) is 12.6. The molecule has 0 amide bonds. The average molecular weight is 527 g/mol. The zero-order valence-electron chi connectivity index (χ0n) is 23.8. The highest BCUT2D eigenvalue weighted by molar-refractivity contribution is 5.97. The molecule has 206 valence electrons. The fraction of sp³-hybridized carbons (Fsp3) is 0.588. The van der Waals surface area contributed by atoms with Gasteiger partial charge in [0.25, 0.3) is 0 Å². The van der Waals surface area contributed by atoms with Crippen LogP contribution in [0.4, 0.5) is 5.69 Å². The lowest BCUT2D eigenvalue weighted by Crippen LogP contribution is -2.51. The molecule has 1 saturated heterocycles. The Balaban J connectivity index is 1.48. The predicted molar refractivity (Wildman–Crippen MR) is 155 cm³/mol. The number of Topliss-reactive ketones (excluding diaryl/α,β-unsaturated/α-hetero) is 1. The van der Waals surface area contributed by atoms with Crippen molar-refractivity contribution in [1.29, 1.82) is 0 Å². The van der Waals surface area contributed by atoms with Gasteiger partial charge in [0.15, 0.2) is 5.78 Å². The molecule has 0 aromatic heterocycles. The van der Waals surface area contributed by atoms with E-state index in [2.05, 4.69) is 59.2 Å². The number of ketones is 1. The second-order valence-corrected chi connectivity index (χ2v) is 12.6. The summed E-state index contributed by atoms with van der Waals surface area (Å²) < 4.78 is 5.41. The van der Waals surface area contributed by atoms with E-state index >= 15 is 0 Å². The van der Waals surface area contributed by atoms with Crippen molar-refractivity contribution in [2.24, 2.45) is 27.8 Å². The molecule has 1 N–H and O–H groups in total. The number of nitrogens with zero attached hydrogens (tertiary/aromatic N) is 2. The number of benzene rings is 1. The molecule has 1 aliphatic heterocycles. The van der Waals surface area contributed by atoms with Crippen molar-refractivity contribution in [3.8, 4) is 11.8 Å². The zero-order chi connectivity index (χ0) is 27.2. The molecule has 0 bridgehead atoms. The van der Waals surface area contributed by atoms with Crippen LogP contribution in [-0.4, -0.2) is 43.5 Å². The summed E-state index contributed by atoms with van der Waals surface area (Å²) in [5.74, 6) is 7.97. The van der Waals surface area contributed by atoms with Gasteiger partial charge in [-0.15, -0.1) is 5.92 Å². The third-order valence-corrected chi connectivity index (χ3v) is 10.9. The van der Waals surface area contributed by atoms with Crippen LogP contribution in [0.25, 0.3) is 0 Å². The first-order chi connectivity index (χ1) is 19.0. The van der Waals surface area contributed by atoms with Gasteiger partial charge in [-0.25, -0.2) is 0 Å². The third kappa shape index (κ3) is 4.10. The lowest BCUT2D eigenvalue weighted by molar-refractivity contribution is -0.136. The van der Waals surface area contributed by atoms with E-state index in [-0.39, 0.29) is 23.7 Å². The molecule has 0 spiro atoms. The Hall–Kier alpha value is -2.84. The van der Waals surface area contributed by atoms with Crippen LogP contribution in [0.2, 0.25) is 0 Å². The Morgan fingerprint density at radius 3 is 2.62 bits per heavy atom. The van der Waals surface area contributed by atoms with Gasteiger partial charge in [0.1, 0.15) is 6.61 Å². The molecule has 1 heterocycles. The summed E-state index contributed by atoms with van der Waals surface area (Å²) in [6.07, 6.45) is 11.3. The molecular weight excluding hydrogens is 484 g/mol. The second kappa shape index (κ2) is 10.3. The van der Waals surface area contributed by atoms with Crippen molar-refractivity contribution >= 4 is 17.2 Å². The molecular formula is C34H42N2O3. The summed E-state index contributed by atoms with van der Waals surface area (Å²) in [6.45, 7) is 6.66. The van der Waals surface area contributed by atoms with Crippen LogP contribution in [0.15, 0.2) is 52.2 Å². The van der Waals surface area contributed by atoms with Gasteiger partial charge in [0, 0.05) is 31.8 Å². The van der Waals surface area contributed by atoms with E-state index in [9.17, 15) is 10.0 Å². The Morgan fingerprint density at radius 2 is 1.92 bits per heavy atom. The lowest BCUT2D eigenvalue weighted by Gasteiger charge is -2.54. The summed E-state index contributed by atoms with van der Waals surface area (Å²) in [5, 5.41) is 13.0. The first-order valence-electron chi connectivity index (χ1n) is 14.9. The Morgan fingerprint density at radius 1 is 1.15 bits per heavy atom. The Bertz CT molecular complexity index is 1290. The first kappa shape index (κ1) is 26.4. The van der Waals surface area contributed by atoms with Gasteiger partial charge in [-0.1, -0.05) is 35.7 Å². The molecule has 5 heteroatoms. The van der Waals surface area contributed by atoms with Gasteiger partial charge >= 0.3 is 0 Å². The van der Waals surface area contributed by atoms with Crippen molar-refractivity contribution in [2.75, 3.05) is 31.7 Å². The van der Waals surface area contributed by atoms with Crippen LogP contribution in [0, 0.1) is 34.5 Å². The maximum absolute atomic E-state index is 13.8. The maximum Gasteiger partial charge on any atom is 0.176 e. The molecule has 6 rings (SSSR count). The SMILES string of the molecule is CC#C[C@]1(C(=O)COC)CC[C@H]2[C@@H]3CCC4=CC(=NO)CCC4=C3[C@@H](c3ccc(N4CCCC4)cc3)C[C@@]21C. The van der Waals surface area contributed by atoms with Crippen molar-refractivity contribution in [1.82, 2.24) is 0 Å². The van der Waals surface area contributed by atoms with Crippen molar-refractivity contribution < 1.29 is 14.7 Å². The van der Waals surface area contributed by atoms with Gasteiger partial charge in [-0.2, -0.15) is 0 Å². The van der Waals surface area contributed by atoms with E-state index in [1.807, 2.05) is 6.92 Å². The highest BCUT2D eigenvalue weighted by Gasteiger charge is 2.65. The van der Waals surface area contributed by atoms with Gasteiger partial charge in [0.2, 0.25) is 0 Å². The number of ether oxygens (including phenoxy) is 1. The number of hydrogen-bond donors (Lipinski definition) is 1. The van der Waals surface area contributed by atoms with Crippen LogP contribution in [0.3, 0.4) is 0 Å².